The second-order valence-electron chi connectivity index (χ2n) is 14.8. The molecular formula is C39H47NO13S. The van der Waals surface area contributed by atoms with Crippen molar-refractivity contribution in [1.82, 2.24) is 0 Å². The van der Waals surface area contributed by atoms with Gasteiger partial charge < -0.3 is 54.9 Å². The molecule has 14 nitrogen and oxygen atoms in total. The van der Waals surface area contributed by atoms with Crippen molar-refractivity contribution in [2.45, 2.75) is 104 Å². The smallest absolute Gasteiger partial charge is 0.236 e. The highest BCUT2D eigenvalue weighted by molar-refractivity contribution is 7.91. The number of rotatable bonds is 10. The van der Waals surface area contributed by atoms with Gasteiger partial charge in [-0.05, 0) is 67.0 Å². The minimum Gasteiger partial charge on any atom is -0.394 e. The van der Waals surface area contributed by atoms with E-state index in [4.69, 9.17) is 14.2 Å². The van der Waals surface area contributed by atoms with Gasteiger partial charge in [0.25, 0.3) is 0 Å². The minimum atomic E-state index is -4.16. The molecule has 3 heterocycles. The van der Waals surface area contributed by atoms with Crippen molar-refractivity contribution in [3.63, 3.8) is 0 Å². The van der Waals surface area contributed by atoms with Gasteiger partial charge in [-0.25, -0.2) is 8.42 Å². The van der Waals surface area contributed by atoms with E-state index in [-0.39, 0.29) is 16.8 Å². The third kappa shape index (κ3) is 7.01. The molecule has 0 aromatic heterocycles. The molecule has 292 valence electrons. The Morgan fingerprint density at radius 1 is 0.685 bits per heavy atom. The van der Waals surface area contributed by atoms with Crippen LogP contribution in [0.2, 0.25) is 0 Å². The summed E-state index contributed by atoms with van der Waals surface area (Å²) in [5.41, 5.74) is 2.17. The zero-order chi connectivity index (χ0) is 38.4. The van der Waals surface area contributed by atoms with Gasteiger partial charge in [-0.1, -0.05) is 60.7 Å². The second kappa shape index (κ2) is 15.7. The zero-order valence-corrected chi connectivity index (χ0v) is 30.2. The topological polar surface area (TPSA) is 224 Å². The van der Waals surface area contributed by atoms with Gasteiger partial charge in [0.15, 0.2) is 16.1 Å². The molecule has 1 aliphatic carbocycles. The van der Waals surface area contributed by atoms with Gasteiger partial charge in [0.1, 0.15) is 54.9 Å². The maximum Gasteiger partial charge on any atom is 0.236 e. The lowest BCUT2D eigenvalue weighted by molar-refractivity contribution is -0.341. The number of aliphatic hydroxyl groups excluding tert-OH is 7. The Balaban J connectivity index is 1.07. The van der Waals surface area contributed by atoms with Gasteiger partial charge in [0.2, 0.25) is 5.91 Å². The van der Waals surface area contributed by atoms with Crippen molar-refractivity contribution >= 4 is 21.4 Å². The van der Waals surface area contributed by atoms with Crippen molar-refractivity contribution in [2.24, 2.45) is 5.41 Å². The quantitative estimate of drug-likeness (QED) is 0.140. The molecule has 15 heteroatoms. The molecule has 7 rings (SSSR count). The van der Waals surface area contributed by atoms with Crippen LogP contribution in [0.1, 0.15) is 48.8 Å². The number of benzene rings is 3. The first kappa shape index (κ1) is 38.9. The number of hydrogen-bond donors (Lipinski definition) is 7. The Hall–Kier alpha value is -3.32. The predicted octanol–water partition coefficient (Wildman–Crippen LogP) is 0.559. The summed E-state index contributed by atoms with van der Waals surface area (Å²) in [6, 6.07) is 25.7. The molecule has 1 saturated carbocycles. The summed E-state index contributed by atoms with van der Waals surface area (Å²) in [5, 5.41) is 72.2. The van der Waals surface area contributed by atoms with E-state index < -0.39 is 95.4 Å². The van der Waals surface area contributed by atoms with E-state index in [0.717, 1.165) is 24.1 Å². The molecule has 4 unspecified atom stereocenters. The Morgan fingerprint density at radius 3 is 1.89 bits per heavy atom. The first-order valence-electron chi connectivity index (χ1n) is 18.2. The van der Waals surface area contributed by atoms with E-state index in [0.29, 0.717) is 18.8 Å². The average Bonchev–Trinajstić information content (AvgIpc) is 3.20. The van der Waals surface area contributed by atoms with Gasteiger partial charge in [0, 0.05) is 5.69 Å². The number of nitrogens with zero attached hydrogens (tertiary/aromatic N) is 1. The van der Waals surface area contributed by atoms with Crippen LogP contribution in [0.3, 0.4) is 0 Å². The van der Waals surface area contributed by atoms with Crippen LogP contribution < -0.4 is 4.90 Å². The van der Waals surface area contributed by atoms with E-state index >= 15 is 0 Å². The van der Waals surface area contributed by atoms with E-state index in [1.165, 1.54) is 17.7 Å². The maximum absolute atomic E-state index is 14.0. The molecule has 3 saturated heterocycles. The molecule has 4 aliphatic rings. The van der Waals surface area contributed by atoms with Gasteiger partial charge in [-0.3, -0.25) is 4.79 Å². The molecule has 3 aliphatic heterocycles. The molecule has 3 aromatic rings. The van der Waals surface area contributed by atoms with Gasteiger partial charge in [-0.2, -0.15) is 0 Å². The largest absolute Gasteiger partial charge is 0.394 e. The van der Waals surface area contributed by atoms with Crippen molar-refractivity contribution in [1.29, 1.82) is 0 Å². The maximum atomic E-state index is 14.0. The number of carbonyl (C=O) groups excluding carboxylic acids is 1. The highest BCUT2D eigenvalue weighted by atomic mass is 32.2. The first-order chi connectivity index (χ1) is 25.9. The Kier molecular flexibility index (Phi) is 11.3. The van der Waals surface area contributed by atoms with E-state index in [9.17, 15) is 49.0 Å². The van der Waals surface area contributed by atoms with Crippen LogP contribution in [-0.4, -0.2) is 130 Å². The zero-order valence-electron chi connectivity index (χ0n) is 29.4. The lowest BCUT2D eigenvalue weighted by Crippen LogP contribution is -2.65. The molecule has 7 N–H and O–H groups in total. The number of sulfone groups is 1. The van der Waals surface area contributed by atoms with Crippen molar-refractivity contribution in [2.75, 3.05) is 23.9 Å². The second-order valence-corrected chi connectivity index (χ2v) is 16.8. The van der Waals surface area contributed by atoms with Gasteiger partial charge in [0.05, 0.1) is 35.3 Å². The van der Waals surface area contributed by atoms with Crippen molar-refractivity contribution in [3.05, 3.63) is 96.1 Å². The number of carbonyl (C=O) groups is 1. The fourth-order valence-corrected chi connectivity index (χ4v) is 10.1. The minimum absolute atomic E-state index is 0.0520. The molecule has 0 radical (unpaired) electrons. The van der Waals surface area contributed by atoms with Crippen LogP contribution >= 0.6 is 0 Å². The summed E-state index contributed by atoms with van der Waals surface area (Å²) in [5.74, 6) is -0.368. The molecule has 1 amide bonds. The first-order valence-corrected chi connectivity index (χ1v) is 19.9. The van der Waals surface area contributed by atoms with Crippen LogP contribution in [0.5, 0.6) is 0 Å². The molecule has 11 atom stereocenters. The van der Waals surface area contributed by atoms with Crippen LogP contribution in [0.25, 0.3) is 0 Å². The molecule has 0 bridgehead atoms. The number of anilines is 1. The van der Waals surface area contributed by atoms with Crippen molar-refractivity contribution in [3.8, 4) is 0 Å². The lowest BCUT2D eigenvalue weighted by Gasteiger charge is -2.58. The van der Waals surface area contributed by atoms with E-state index in [1.54, 1.807) is 17.0 Å². The molecule has 4 fully saturated rings. The number of para-hydroxylation sites is 1. The normalized spacial score (nSPS) is 37.2. The van der Waals surface area contributed by atoms with Crippen LogP contribution in [0.15, 0.2) is 89.8 Å². The highest BCUT2D eigenvalue weighted by Crippen LogP contribution is 2.60. The monoisotopic (exact) mass is 769 g/mol. The fourth-order valence-electron chi connectivity index (χ4n) is 8.63. The number of β-lactam (4-membered cyclic amide) rings is 1. The van der Waals surface area contributed by atoms with Crippen LogP contribution in [0, 0.1) is 5.41 Å². The van der Waals surface area contributed by atoms with E-state index in [2.05, 4.69) is 12.1 Å². The molecule has 54 heavy (non-hydrogen) atoms. The standard InChI is InChI=1S/C39H47NO13S/c41-19-27-30(43)32(45)34(47)37(52-27)53-35-28(20-42)51-29(31(44)33(35)46)21-54(49,50)26-13-11-24(12-14-26)36-39(38(48)40(36)25-9-5-2-6-10-25)17-15-23(16-18-39)22-7-3-1-4-8-22/h1-14,23,27-37,41-47H,15-21H2/t23?,27?,28?,29-,30+,31+,32?,33?,34-,35+,36+,37-,39?/m0/s1. The summed E-state index contributed by atoms with van der Waals surface area (Å²) in [6.07, 6.45) is -13.4. The Bertz CT molecular complexity index is 1840. The number of aliphatic hydroxyl groups is 7. The summed E-state index contributed by atoms with van der Waals surface area (Å²) in [6.45, 7) is -1.52. The lowest BCUT2D eigenvalue weighted by atomic mass is 9.58. The Morgan fingerprint density at radius 2 is 1.28 bits per heavy atom. The van der Waals surface area contributed by atoms with Gasteiger partial charge >= 0.3 is 0 Å². The summed E-state index contributed by atoms with van der Waals surface area (Å²) >= 11 is 0. The number of amides is 1. The fraction of sp³-hybridized carbons (Fsp3) is 0.513. The van der Waals surface area contributed by atoms with Crippen LogP contribution in [-0.2, 0) is 28.8 Å². The summed E-state index contributed by atoms with van der Waals surface area (Å²) in [4.78, 5) is 15.7. The average molecular weight is 770 g/mol. The summed E-state index contributed by atoms with van der Waals surface area (Å²) < 4.78 is 44.1. The highest BCUT2D eigenvalue weighted by Gasteiger charge is 2.62. The van der Waals surface area contributed by atoms with Gasteiger partial charge in [-0.15, -0.1) is 0 Å². The SMILES string of the molecule is O=C1N(c2ccccc2)[C@H](c2ccc(S(=O)(=O)C[C@@H]3OC(CO)[C@@H](O[C@@H]4OC(CO)[C@@H](O)C(O)[C@@H]4O)C(O)[C@@H]3O)cc2)C12CCC(c1ccccc1)CC2. The third-order valence-corrected chi connectivity index (χ3v) is 13.4. The number of ether oxygens (including phenoxy) is 3. The molecule has 1 spiro atoms. The Labute approximate surface area is 313 Å². The third-order valence-electron chi connectivity index (χ3n) is 11.7. The summed E-state index contributed by atoms with van der Waals surface area (Å²) in [7, 11) is -4.16. The molecule has 3 aromatic carbocycles. The molecular weight excluding hydrogens is 722 g/mol. The van der Waals surface area contributed by atoms with E-state index in [1.807, 2.05) is 48.5 Å². The van der Waals surface area contributed by atoms with Crippen molar-refractivity contribution < 1.29 is 63.2 Å². The number of hydrogen-bond acceptors (Lipinski definition) is 13. The predicted molar refractivity (Wildman–Crippen MR) is 192 cm³/mol. The van der Waals surface area contributed by atoms with Crippen LogP contribution in [0.4, 0.5) is 5.69 Å².